The van der Waals surface area contributed by atoms with Crippen LogP contribution in [-0.4, -0.2) is 85.7 Å². The number of carbonyl (C=O) groups is 2. The Labute approximate surface area is 400 Å². The molecule has 1 fully saturated rings. The zero-order valence-electron chi connectivity index (χ0n) is 41.1. The minimum Gasteiger partial charge on any atom is -0.462 e. The second kappa shape index (κ2) is 35.0. The number of aliphatic hydroxyl groups excluding tert-OH is 2. The summed E-state index contributed by atoms with van der Waals surface area (Å²) in [6, 6.07) is 1.25. The molecule has 0 spiro atoms. The lowest BCUT2D eigenvalue weighted by atomic mass is 10.0. The number of unbranched alkanes of at least 4 members (excludes halogenated alkanes) is 21. The van der Waals surface area contributed by atoms with Gasteiger partial charge < -0.3 is 39.9 Å². The van der Waals surface area contributed by atoms with Crippen LogP contribution < -0.4 is 11.4 Å². The first-order valence-corrected chi connectivity index (χ1v) is 28.3. The number of nitrogen functional groups attached to an aromatic ring is 1. The standard InChI is InChI=1S/C47H87N3O15P2/c1-37(2)28-24-20-16-13-11-9-7-5-6-8-10-12-14-18-22-26-30-42(51)60-34-39(63-43(52)31-27-23-19-15-17-21-25-29-38(3)4)35-61-66(56,57)65-67(58,59)62-36-40-44(53)45(54)46(64-40)50-33-32-41(48)49-47(50)55/h32-33,37-40,44-46,53-54H,5-31,34-36H2,1-4H3,(H,56,57)(H,58,59)(H2,48,49,55)/t39-,40-,44+,45?,46-/m1/s1. The number of aliphatic hydroxyl groups is 2. The lowest BCUT2D eigenvalue weighted by molar-refractivity contribution is -0.161. The van der Waals surface area contributed by atoms with Gasteiger partial charge in [-0.1, -0.05) is 175 Å². The molecule has 1 aliphatic heterocycles. The summed E-state index contributed by atoms with van der Waals surface area (Å²) in [6.45, 7) is 6.72. The number of carbonyl (C=O) groups excluding carboxylic acids is 2. The Bertz CT molecular complexity index is 1650. The normalized spacial score (nSPS) is 19.7. The molecule has 67 heavy (non-hydrogen) atoms. The van der Waals surface area contributed by atoms with Gasteiger partial charge in [0.15, 0.2) is 12.3 Å². The van der Waals surface area contributed by atoms with Crippen LogP contribution in [0.25, 0.3) is 0 Å². The minimum absolute atomic E-state index is 0.0533. The molecule has 2 rings (SSSR count). The van der Waals surface area contributed by atoms with E-state index >= 15 is 0 Å². The molecule has 1 aromatic heterocycles. The number of phosphoric acid groups is 2. The van der Waals surface area contributed by atoms with Gasteiger partial charge in [0.2, 0.25) is 0 Å². The average Bonchev–Trinajstić information content (AvgIpc) is 3.53. The van der Waals surface area contributed by atoms with E-state index in [9.17, 15) is 43.5 Å². The number of ether oxygens (including phenoxy) is 3. The van der Waals surface area contributed by atoms with E-state index < -0.39 is 83.7 Å². The van der Waals surface area contributed by atoms with Crippen molar-refractivity contribution in [2.24, 2.45) is 11.8 Å². The van der Waals surface area contributed by atoms with E-state index in [4.69, 9.17) is 29.0 Å². The third kappa shape index (κ3) is 29.5. The van der Waals surface area contributed by atoms with Crippen LogP contribution in [-0.2, 0) is 46.3 Å². The Morgan fingerprint density at radius 3 is 1.57 bits per heavy atom. The summed E-state index contributed by atoms with van der Waals surface area (Å²) in [5, 5.41) is 20.9. The first-order chi connectivity index (χ1) is 31.9. The van der Waals surface area contributed by atoms with E-state index in [2.05, 4.69) is 37.0 Å². The predicted molar refractivity (Wildman–Crippen MR) is 257 cm³/mol. The lowest BCUT2D eigenvalue weighted by Crippen LogP contribution is -2.36. The van der Waals surface area contributed by atoms with Crippen molar-refractivity contribution in [3.63, 3.8) is 0 Å². The van der Waals surface area contributed by atoms with Gasteiger partial charge in [-0.3, -0.25) is 23.2 Å². The molecule has 20 heteroatoms. The third-order valence-electron chi connectivity index (χ3n) is 11.8. The van der Waals surface area contributed by atoms with Crippen molar-refractivity contribution in [1.29, 1.82) is 0 Å². The Kier molecular flexibility index (Phi) is 31.8. The number of aromatic nitrogens is 2. The van der Waals surface area contributed by atoms with Gasteiger partial charge in [-0.15, -0.1) is 0 Å². The monoisotopic (exact) mass is 996 g/mol. The minimum atomic E-state index is -5.42. The van der Waals surface area contributed by atoms with Crippen molar-refractivity contribution < 1.29 is 66.3 Å². The molecule has 0 bridgehead atoms. The molecular formula is C47H87N3O15P2. The first kappa shape index (κ1) is 60.9. The number of hydrogen-bond acceptors (Lipinski definition) is 15. The molecule has 6 N–H and O–H groups in total. The van der Waals surface area contributed by atoms with E-state index in [-0.39, 0.29) is 18.7 Å². The van der Waals surface area contributed by atoms with E-state index in [0.29, 0.717) is 18.8 Å². The van der Waals surface area contributed by atoms with Crippen molar-refractivity contribution in [2.75, 3.05) is 25.6 Å². The largest absolute Gasteiger partial charge is 0.481 e. The second-order valence-electron chi connectivity index (χ2n) is 19.0. The Hall–Kier alpha value is -2.24. The van der Waals surface area contributed by atoms with Crippen molar-refractivity contribution >= 4 is 33.4 Å². The SMILES string of the molecule is CC(C)CCCCCCCCCCCCCCCCCCC(=O)OC[C@H](COP(=O)(O)OP(=O)(O)OC[C@H]1O[C@@H](n2ccc(N)nc2=O)C(O)[C@H]1O)OC(=O)CCCCCCCCCC(C)C. The van der Waals surface area contributed by atoms with Crippen LogP contribution in [0.5, 0.6) is 0 Å². The fourth-order valence-corrected chi connectivity index (χ4v) is 9.97. The number of phosphoric ester groups is 2. The van der Waals surface area contributed by atoms with Crippen LogP contribution in [0.4, 0.5) is 5.82 Å². The molecule has 18 nitrogen and oxygen atoms in total. The molecule has 0 aliphatic carbocycles. The van der Waals surface area contributed by atoms with Crippen molar-refractivity contribution in [2.45, 2.75) is 232 Å². The highest BCUT2D eigenvalue weighted by Gasteiger charge is 2.46. The van der Waals surface area contributed by atoms with Crippen LogP contribution >= 0.6 is 15.6 Å². The molecule has 1 aromatic rings. The smallest absolute Gasteiger partial charge is 0.462 e. The van der Waals surface area contributed by atoms with Crippen LogP contribution in [0, 0.1) is 11.8 Å². The molecule has 0 saturated carbocycles. The summed E-state index contributed by atoms with van der Waals surface area (Å²) in [4.78, 5) is 61.8. The second-order valence-corrected chi connectivity index (χ2v) is 22.0. The van der Waals surface area contributed by atoms with Crippen LogP contribution in [0.3, 0.4) is 0 Å². The number of hydrogen-bond donors (Lipinski definition) is 5. The van der Waals surface area contributed by atoms with Gasteiger partial charge in [0.1, 0.15) is 30.7 Å². The summed E-state index contributed by atoms with van der Waals surface area (Å²) < 4.78 is 56.7. The number of rotatable bonds is 41. The van der Waals surface area contributed by atoms with Crippen molar-refractivity contribution in [1.82, 2.24) is 9.55 Å². The highest BCUT2D eigenvalue weighted by Crippen LogP contribution is 2.60. The maximum absolute atomic E-state index is 12.8. The number of anilines is 1. The maximum Gasteiger partial charge on any atom is 0.481 e. The summed E-state index contributed by atoms with van der Waals surface area (Å²) in [7, 11) is -10.8. The van der Waals surface area contributed by atoms with E-state index in [0.717, 1.165) is 61.9 Å². The van der Waals surface area contributed by atoms with Crippen LogP contribution in [0.15, 0.2) is 17.1 Å². The molecule has 1 saturated heterocycles. The fraction of sp³-hybridized carbons (Fsp3) is 0.872. The summed E-state index contributed by atoms with van der Waals surface area (Å²) in [5.41, 5.74) is 4.59. The predicted octanol–water partition coefficient (Wildman–Crippen LogP) is 10.00. The van der Waals surface area contributed by atoms with Crippen LogP contribution in [0.1, 0.15) is 207 Å². The van der Waals surface area contributed by atoms with E-state index in [1.807, 2.05) is 0 Å². The maximum atomic E-state index is 12.8. The Morgan fingerprint density at radius 1 is 0.672 bits per heavy atom. The van der Waals surface area contributed by atoms with Gasteiger partial charge in [-0.05, 0) is 30.7 Å². The molecule has 390 valence electrons. The fourth-order valence-electron chi connectivity index (χ4n) is 7.86. The zero-order valence-corrected chi connectivity index (χ0v) is 42.8. The summed E-state index contributed by atoms with van der Waals surface area (Å²) >= 11 is 0. The molecule has 1 aliphatic rings. The van der Waals surface area contributed by atoms with Gasteiger partial charge in [0.25, 0.3) is 0 Å². The molecule has 0 amide bonds. The molecular weight excluding hydrogens is 908 g/mol. The molecule has 0 aromatic carbocycles. The van der Waals surface area contributed by atoms with E-state index in [1.165, 1.54) is 109 Å². The zero-order chi connectivity index (χ0) is 49.5. The lowest BCUT2D eigenvalue weighted by Gasteiger charge is -2.21. The quantitative estimate of drug-likeness (QED) is 0.0232. The first-order valence-electron chi connectivity index (χ1n) is 25.3. The highest BCUT2D eigenvalue weighted by atomic mass is 31.3. The Balaban J connectivity index is 1.75. The molecule has 7 atom stereocenters. The molecule has 0 radical (unpaired) electrons. The Morgan fingerprint density at radius 2 is 1.10 bits per heavy atom. The highest BCUT2D eigenvalue weighted by molar-refractivity contribution is 7.61. The van der Waals surface area contributed by atoms with Crippen molar-refractivity contribution in [3.05, 3.63) is 22.7 Å². The number of esters is 2. The van der Waals surface area contributed by atoms with Gasteiger partial charge in [-0.2, -0.15) is 9.29 Å². The molecule has 3 unspecified atom stereocenters. The topological polar surface area (TPSA) is 265 Å². The van der Waals surface area contributed by atoms with Crippen molar-refractivity contribution in [3.8, 4) is 0 Å². The third-order valence-corrected chi connectivity index (χ3v) is 14.4. The summed E-state index contributed by atoms with van der Waals surface area (Å²) in [6.07, 6.45) is 22.3. The number of nitrogens with zero attached hydrogens (tertiary/aromatic N) is 2. The van der Waals surface area contributed by atoms with Gasteiger partial charge in [-0.25, -0.2) is 13.9 Å². The van der Waals surface area contributed by atoms with Gasteiger partial charge >= 0.3 is 33.3 Å². The average molecular weight is 996 g/mol. The van der Waals surface area contributed by atoms with E-state index in [1.54, 1.807) is 0 Å². The van der Waals surface area contributed by atoms with Gasteiger partial charge in [0, 0.05) is 19.0 Å². The summed E-state index contributed by atoms with van der Waals surface area (Å²) in [5.74, 6) is 0.218. The number of nitrogens with two attached hydrogens (primary N) is 1. The molecule has 2 heterocycles. The van der Waals surface area contributed by atoms with Gasteiger partial charge in [0.05, 0.1) is 13.2 Å². The van der Waals surface area contributed by atoms with Crippen LogP contribution in [0.2, 0.25) is 0 Å².